The van der Waals surface area contributed by atoms with E-state index < -0.39 is 12.0 Å². The quantitative estimate of drug-likeness (QED) is 0.697. The predicted molar refractivity (Wildman–Crippen MR) is 63.4 cm³/mol. The van der Waals surface area contributed by atoms with Crippen molar-refractivity contribution in [3.8, 4) is 0 Å². The third-order valence-electron chi connectivity index (χ3n) is 2.36. The van der Waals surface area contributed by atoms with E-state index in [-0.39, 0.29) is 18.9 Å². The normalized spacial score (nSPS) is 11.9. The summed E-state index contributed by atoms with van der Waals surface area (Å²) in [5.41, 5.74) is 7.55. The van der Waals surface area contributed by atoms with Crippen LogP contribution in [0.15, 0.2) is 24.3 Å². The topological polar surface area (TPSA) is 92.4 Å². The number of nitrogens with two attached hydrogens (primary N) is 1. The monoisotopic (exact) mass is 236 g/mol. The van der Waals surface area contributed by atoms with Crippen LogP contribution in [0.5, 0.6) is 0 Å². The number of amides is 1. The molecular formula is C12H16N2O3. The molecule has 1 atom stereocenters. The molecule has 0 saturated carbocycles. The van der Waals surface area contributed by atoms with Gasteiger partial charge in [0.2, 0.25) is 5.91 Å². The average Bonchev–Trinajstić information content (AvgIpc) is 2.28. The van der Waals surface area contributed by atoms with Crippen LogP contribution < -0.4 is 11.1 Å². The summed E-state index contributed by atoms with van der Waals surface area (Å²) >= 11 is 0. The Bertz CT molecular complexity index is 401. The molecule has 17 heavy (non-hydrogen) atoms. The lowest BCUT2D eigenvalue weighted by atomic mass is 10.1. The Balaban J connectivity index is 2.51. The van der Waals surface area contributed by atoms with E-state index in [1.165, 1.54) is 0 Å². The van der Waals surface area contributed by atoms with E-state index in [4.69, 9.17) is 10.8 Å². The van der Waals surface area contributed by atoms with Crippen molar-refractivity contribution < 1.29 is 14.7 Å². The Morgan fingerprint density at radius 2 is 1.94 bits per heavy atom. The van der Waals surface area contributed by atoms with E-state index in [0.29, 0.717) is 5.56 Å². The summed E-state index contributed by atoms with van der Waals surface area (Å²) in [4.78, 5) is 21.9. The Labute approximate surface area is 99.6 Å². The number of hydrogen-bond acceptors (Lipinski definition) is 3. The first kappa shape index (κ1) is 13.2. The second-order valence-electron chi connectivity index (χ2n) is 3.82. The molecule has 0 heterocycles. The SMILES string of the molecule is Cc1ccc(C(N)C(=O)NCCC(=O)O)cc1. The molecule has 0 aliphatic carbocycles. The maximum absolute atomic E-state index is 11.6. The van der Waals surface area contributed by atoms with Crippen LogP contribution in [-0.2, 0) is 9.59 Å². The fourth-order valence-electron chi connectivity index (χ4n) is 1.33. The van der Waals surface area contributed by atoms with Gasteiger partial charge in [0.05, 0.1) is 6.42 Å². The van der Waals surface area contributed by atoms with Gasteiger partial charge in [0.25, 0.3) is 0 Å². The highest BCUT2D eigenvalue weighted by atomic mass is 16.4. The Hall–Kier alpha value is -1.88. The Kier molecular flexibility index (Phi) is 4.66. The van der Waals surface area contributed by atoms with Crippen LogP contribution in [0.3, 0.4) is 0 Å². The lowest BCUT2D eigenvalue weighted by Gasteiger charge is -2.12. The highest BCUT2D eigenvalue weighted by Crippen LogP contribution is 2.11. The molecule has 5 heteroatoms. The number of rotatable bonds is 5. The van der Waals surface area contributed by atoms with E-state index >= 15 is 0 Å². The summed E-state index contributed by atoms with van der Waals surface area (Å²) in [6.45, 7) is 2.04. The summed E-state index contributed by atoms with van der Waals surface area (Å²) in [6, 6.07) is 6.57. The van der Waals surface area contributed by atoms with Crippen LogP contribution in [0.1, 0.15) is 23.6 Å². The number of hydrogen-bond donors (Lipinski definition) is 3. The van der Waals surface area contributed by atoms with Crippen molar-refractivity contribution in [2.45, 2.75) is 19.4 Å². The molecule has 0 aromatic heterocycles. The fraction of sp³-hybridized carbons (Fsp3) is 0.333. The van der Waals surface area contributed by atoms with Gasteiger partial charge in [0.15, 0.2) is 0 Å². The molecule has 0 fully saturated rings. The van der Waals surface area contributed by atoms with Crippen LogP contribution in [0.25, 0.3) is 0 Å². The zero-order valence-corrected chi connectivity index (χ0v) is 9.64. The lowest BCUT2D eigenvalue weighted by molar-refractivity contribution is -0.136. The molecular weight excluding hydrogens is 220 g/mol. The number of aryl methyl sites for hydroxylation is 1. The molecule has 0 aliphatic heterocycles. The van der Waals surface area contributed by atoms with Crippen molar-refractivity contribution in [1.29, 1.82) is 0 Å². The minimum atomic E-state index is -0.950. The van der Waals surface area contributed by atoms with E-state index in [0.717, 1.165) is 5.56 Å². The van der Waals surface area contributed by atoms with Gasteiger partial charge >= 0.3 is 5.97 Å². The van der Waals surface area contributed by atoms with Crippen LogP contribution in [0.2, 0.25) is 0 Å². The van der Waals surface area contributed by atoms with Crippen LogP contribution in [-0.4, -0.2) is 23.5 Å². The number of carbonyl (C=O) groups excluding carboxylic acids is 1. The number of aliphatic carboxylic acids is 1. The zero-order chi connectivity index (χ0) is 12.8. The van der Waals surface area contributed by atoms with Crippen LogP contribution >= 0.6 is 0 Å². The molecule has 0 bridgehead atoms. The minimum Gasteiger partial charge on any atom is -0.481 e. The first-order valence-corrected chi connectivity index (χ1v) is 5.32. The number of carboxylic acids is 1. The number of carboxylic acid groups (broad SMARTS) is 1. The van der Waals surface area contributed by atoms with Crippen molar-refractivity contribution in [2.75, 3.05) is 6.54 Å². The van der Waals surface area contributed by atoms with Crippen molar-refractivity contribution in [3.05, 3.63) is 35.4 Å². The average molecular weight is 236 g/mol. The van der Waals surface area contributed by atoms with Gasteiger partial charge in [-0.25, -0.2) is 0 Å². The third kappa shape index (κ3) is 4.24. The van der Waals surface area contributed by atoms with Crippen LogP contribution in [0.4, 0.5) is 0 Å². The highest BCUT2D eigenvalue weighted by Gasteiger charge is 2.15. The van der Waals surface area contributed by atoms with Gasteiger partial charge in [-0.3, -0.25) is 9.59 Å². The largest absolute Gasteiger partial charge is 0.481 e. The van der Waals surface area contributed by atoms with Crippen LogP contribution in [0, 0.1) is 6.92 Å². The fourth-order valence-corrected chi connectivity index (χ4v) is 1.33. The van der Waals surface area contributed by atoms with E-state index in [1.807, 2.05) is 19.1 Å². The molecule has 0 aliphatic rings. The summed E-state index contributed by atoms with van der Waals surface area (Å²) in [7, 11) is 0. The molecule has 1 unspecified atom stereocenters. The summed E-state index contributed by atoms with van der Waals surface area (Å²) < 4.78 is 0. The zero-order valence-electron chi connectivity index (χ0n) is 9.64. The van der Waals surface area contributed by atoms with Gasteiger partial charge in [0.1, 0.15) is 6.04 Å². The van der Waals surface area contributed by atoms with Crippen molar-refractivity contribution >= 4 is 11.9 Å². The molecule has 92 valence electrons. The minimum absolute atomic E-state index is 0.0910. The van der Waals surface area contributed by atoms with E-state index in [1.54, 1.807) is 12.1 Å². The van der Waals surface area contributed by atoms with Gasteiger partial charge in [-0.05, 0) is 12.5 Å². The molecule has 1 aromatic rings. The van der Waals surface area contributed by atoms with Gasteiger partial charge in [-0.1, -0.05) is 29.8 Å². The predicted octanol–water partition coefficient (Wildman–Crippen LogP) is 0.586. The molecule has 0 radical (unpaired) electrons. The maximum Gasteiger partial charge on any atom is 0.305 e. The van der Waals surface area contributed by atoms with Gasteiger partial charge in [-0.15, -0.1) is 0 Å². The molecule has 1 amide bonds. The van der Waals surface area contributed by atoms with Crippen molar-refractivity contribution in [1.82, 2.24) is 5.32 Å². The van der Waals surface area contributed by atoms with Gasteiger partial charge in [0, 0.05) is 6.54 Å². The molecule has 1 aromatic carbocycles. The second-order valence-corrected chi connectivity index (χ2v) is 3.82. The van der Waals surface area contributed by atoms with E-state index in [2.05, 4.69) is 5.32 Å². The maximum atomic E-state index is 11.6. The van der Waals surface area contributed by atoms with Gasteiger partial charge < -0.3 is 16.2 Å². The summed E-state index contributed by atoms with van der Waals surface area (Å²) in [5, 5.41) is 10.9. The first-order valence-electron chi connectivity index (χ1n) is 5.32. The molecule has 1 rings (SSSR count). The highest BCUT2D eigenvalue weighted by molar-refractivity contribution is 5.83. The second kappa shape index (κ2) is 6.00. The summed E-state index contributed by atoms with van der Waals surface area (Å²) in [6.07, 6.45) is -0.105. The first-order chi connectivity index (χ1) is 8.00. The Morgan fingerprint density at radius 1 is 1.35 bits per heavy atom. The standard InChI is InChI=1S/C12H16N2O3/c1-8-2-4-9(5-3-8)11(13)12(17)14-7-6-10(15)16/h2-5,11H,6-7,13H2,1H3,(H,14,17)(H,15,16). The molecule has 4 N–H and O–H groups in total. The van der Waals surface area contributed by atoms with Crippen molar-refractivity contribution in [2.24, 2.45) is 5.73 Å². The molecule has 0 saturated heterocycles. The van der Waals surface area contributed by atoms with Crippen molar-refractivity contribution in [3.63, 3.8) is 0 Å². The number of benzene rings is 1. The van der Waals surface area contributed by atoms with E-state index in [9.17, 15) is 9.59 Å². The van der Waals surface area contributed by atoms with Gasteiger partial charge in [-0.2, -0.15) is 0 Å². The Morgan fingerprint density at radius 3 is 2.47 bits per heavy atom. The third-order valence-corrected chi connectivity index (χ3v) is 2.36. The smallest absolute Gasteiger partial charge is 0.305 e. The molecule has 0 spiro atoms. The summed E-state index contributed by atoms with van der Waals surface area (Å²) in [5.74, 6) is -1.32. The number of nitrogens with one attached hydrogen (secondary N) is 1. The lowest BCUT2D eigenvalue weighted by Crippen LogP contribution is -2.35. The molecule has 5 nitrogen and oxygen atoms in total. The number of carbonyl (C=O) groups is 2.